The fourth-order valence-corrected chi connectivity index (χ4v) is 5.60. The summed E-state index contributed by atoms with van der Waals surface area (Å²) in [5, 5.41) is 30.0. The monoisotopic (exact) mass is 754 g/mol. The summed E-state index contributed by atoms with van der Waals surface area (Å²) >= 11 is 0. The number of nitrogens with zero attached hydrogens (tertiary/aromatic N) is 7. The molecule has 0 fully saturated rings. The number of guanidine groups is 1. The van der Waals surface area contributed by atoms with Gasteiger partial charge in [0, 0.05) is 26.4 Å². The molecule has 1 aliphatic rings. The van der Waals surface area contributed by atoms with Crippen molar-refractivity contribution < 1.29 is 33.1 Å². The van der Waals surface area contributed by atoms with Crippen LogP contribution in [0.2, 0.25) is 0 Å². The molecule has 2 aromatic heterocycles. The number of halogens is 1. The Morgan fingerprint density at radius 2 is 1.76 bits per heavy atom. The fourth-order valence-electron chi connectivity index (χ4n) is 5.60. The second-order valence-electron chi connectivity index (χ2n) is 12.4. The molecule has 292 valence electrons. The van der Waals surface area contributed by atoms with Crippen LogP contribution < -0.4 is 38.1 Å². The van der Waals surface area contributed by atoms with Gasteiger partial charge in [0.1, 0.15) is 17.8 Å². The van der Waals surface area contributed by atoms with Crippen molar-refractivity contribution >= 4 is 35.5 Å². The third kappa shape index (κ3) is 12.3. The zero-order chi connectivity index (χ0) is 38.9. The second-order valence-corrected chi connectivity index (χ2v) is 12.4. The lowest BCUT2D eigenvalue weighted by molar-refractivity contribution is -0.132. The highest BCUT2D eigenvalue weighted by molar-refractivity contribution is 5.92. The van der Waals surface area contributed by atoms with Crippen LogP contribution in [0, 0.1) is 0 Å². The number of carbonyl (C=O) groups excluding carboxylic acids is 5. The molecule has 20 nitrogen and oxygen atoms in total. The smallest absolute Gasteiger partial charge is 0.247 e. The van der Waals surface area contributed by atoms with Gasteiger partial charge in [-0.3, -0.25) is 33.4 Å². The van der Waals surface area contributed by atoms with Crippen molar-refractivity contribution in [1.82, 2.24) is 56.6 Å². The van der Waals surface area contributed by atoms with E-state index in [9.17, 15) is 28.4 Å². The molecule has 0 radical (unpaired) electrons. The van der Waals surface area contributed by atoms with Gasteiger partial charge in [0.05, 0.1) is 44.3 Å². The number of aryl methyl sites for hydroxylation is 1. The van der Waals surface area contributed by atoms with Gasteiger partial charge in [-0.25, -0.2) is 9.36 Å². The van der Waals surface area contributed by atoms with Gasteiger partial charge >= 0.3 is 0 Å². The molecule has 4 rings (SSSR count). The van der Waals surface area contributed by atoms with E-state index in [1.807, 2.05) is 6.07 Å². The van der Waals surface area contributed by atoms with Gasteiger partial charge < -0.3 is 42.8 Å². The van der Waals surface area contributed by atoms with Crippen LogP contribution in [0.4, 0.5) is 4.39 Å². The first-order chi connectivity index (χ1) is 26.1. The zero-order valence-corrected chi connectivity index (χ0v) is 29.9. The highest BCUT2D eigenvalue weighted by Gasteiger charge is 2.30. The Balaban J connectivity index is 1.57. The van der Waals surface area contributed by atoms with Crippen molar-refractivity contribution in [2.45, 2.75) is 62.7 Å². The van der Waals surface area contributed by atoms with Crippen LogP contribution in [-0.2, 0) is 35.1 Å². The second kappa shape index (κ2) is 20.9. The number of amides is 5. The van der Waals surface area contributed by atoms with E-state index < -0.39 is 66.9 Å². The molecular formula is C33H47FN14O6. The molecule has 0 aliphatic carbocycles. The molecule has 21 heteroatoms. The van der Waals surface area contributed by atoms with Gasteiger partial charge in [-0.15, -0.1) is 10.2 Å². The van der Waals surface area contributed by atoms with E-state index in [2.05, 4.69) is 52.2 Å². The predicted molar refractivity (Wildman–Crippen MR) is 191 cm³/mol. The number of rotatable bonds is 16. The number of fused-ring (bicyclic) bond motifs is 2. The third-order valence-corrected chi connectivity index (χ3v) is 8.36. The summed E-state index contributed by atoms with van der Waals surface area (Å²) in [6.07, 6.45) is 4.61. The maximum absolute atomic E-state index is 14.0. The first kappa shape index (κ1) is 40.8. The number of methoxy groups -OCH3 is 1. The minimum Gasteiger partial charge on any atom is -0.382 e. The summed E-state index contributed by atoms with van der Waals surface area (Å²) in [7, 11) is 1.44. The fraction of sp³-hybridized carbons (Fsp3) is 0.515. The number of hydrogen-bond donors (Lipinski definition) is 7. The molecule has 3 unspecified atom stereocenters. The Morgan fingerprint density at radius 3 is 2.50 bits per heavy atom. The Morgan fingerprint density at radius 1 is 0.981 bits per heavy atom. The van der Waals surface area contributed by atoms with E-state index in [1.54, 1.807) is 30.5 Å². The van der Waals surface area contributed by atoms with Crippen LogP contribution in [0.3, 0.4) is 0 Å². The maximum atomic E-state index is 14.0. The molecule has 0 saturated carbocycles. The van der Waals surface area contributed by atoms with E-state index in [-0.39, 0.29) is 57.9 Å². The molecule has 4 atom stereocenters. The number of ether oxygens (including phenoxy) is 1. The normalized spacial score (nSPS) is 18.8. The number of alkyl halides is 1. The number of nitrogens with two attached hydrogens (primary N) is 2. The Kier molecular flexibility index (Phi) is 15.8. The average Bonchev–Trinajstić information content (AvgIpc) is 3.84. The number of benzene rings is 1. The molecule has 3 heterocycles. The van der Waals surface area contributed by atoms with Gasteiger partial charge in [-0.1, -0.05) is 40.8 Å². The van der Waals surface area contributed by atoms with E-state index in [0.29, 0.717) is 29.8 Å². The summed E-state index contributed by atoms with van der Waals surface area (Å²) in [6, 6.07) is 5.22. The summed E-state index contributed by atoms with van der Waals surface area (Å²) in [5.74, 6) is -2.91. The van der Waals surface area contributed by atoms with Crippen LogP contribution in [0.1, 0.15) is 67.2 Å². The Bertz CT molecular complexity index is 1730. The van der Waals surface area contributed by atoms with Crippen molar-refractivity contribution in [2.24, 2.45) is 16.5 Å². The van der Waals surface area contributed by atoms with Crippen molar-refractivity contribution in [3.05, 3.63) is 59.7 Å². The molecule has 54 heavy (non-hydrogen) atoms. The molecule has 0 spiro atoms. The molecule has 5 amide bonds. The first-order valence-electron chi connectivity index (χ1n) is 17.5. The third-order valence-electron chi connectivity index (χ3n) is 8.36. The number of hydrogen-bond acceptors (Lipinski definition) is 11. The van der Waals surface area contributed by atoms with Crippen LogP contribution >= 0.6 is 0 Å². The van der Waals surface area contributed by atoms with Gasteiger partial charge in [0.15, 0.2) is 12.0 Å². The van der Waals surface area contributed by atoms with Crippen LogP contribution in [-0.4, -0.2) is 118 Å². The molecule has 1 aliphatic heterocycles. The highest BCUT2D eigenvalue weighted by Crippen LogP contribution is 2.23. The molecule has 2 bridgehead atoms. The van der Waals surface area contributed by atoms with Crippen molar-refractivity contribution in [2.75, 3.05) is 46.6 Å². The van der Waals surface area contributed by atoms with Crippen molar-refractivity contribution in [1.29, 1.82) is 0 Å². The Labute approximate surface area is 310 Å². The standard InChI is InChI=1S/C33H47FN14O6/c1-54-20-26(47-18-22(43-45-47)10-5-13-34)31(52)37-14-7-12-25-32(53)41-23(11-6-15-38-33(35)36)30(51)40-16-27(49)39-17-28(50)42-29(21-8-3-2-4-9-21)24-19-48(25)46-44-24/h2-4,8-9,18-19,23,25-26,29H,5-7,10-17,20H2,1H3,(H,37,52)(H,39,49)(H,40,51)(H,41,53)(H,42,50)(H4,35,36,38)/t23-,25?,26?,29?/m0/s1. The minimum absolute atomic E-state index is 0.00206. The maximum Gasteiger partial charge on any atom is 0.247 e. The predicted octanol–water partition coefficient (Wildman–Crippen LogP) is -1.91. The molecule has 1 aromatic carbocycles. The minimum atomic E-state index is -1.09. The zero-order valence-electron chi connectivity index (χ0n) is 29.9. The summed E-state index contributed by atoms with van der Waals surface area (Å²) in [4.78, 5) is 70.0. The SMILES string of the molecule is COCC(C(=O)NCCCC1C(=O)N[C@@H](CCCN=C(N)N)C(=O)NCC(=O)NCC(=O)NC(c2ccccc2)c2cn1nn2)n1cc(CCCF)nn1. The molecular weight excluding hydrogens is 707 g/mol. The lowest BCUT2D eigenvalue weighted by atomic mass is 10.0. The number of carbonyl (C=O) groups is 5. The van der Waals surface area contributed by atoms with Gasteiger partial charge in [0.2, 0.25) is 29.5 Å². The largest absolute Gasteiger partial charge is 0.382 e. The van der Waals surface area contributed by atoms with Crippen molar-refractivity contribution in [3.63, 3.8) is 0 Å². The number of aromatic nitrogens is 6. The van der Waals surface area contributed by atoms with E-state index in [0.717, 1.165) is 0 Å². The van der Waals surface area contributed by atoms with Gasteiger partial charge in [-0.05, 0) is 44.1 Å². The lowest BCUT2D eigenvalue weighted by Crippen LogP contribution is -2.51. The molecule has 0 saturated heterocycles. The molecule has 9 N–H and O–H groups in total. The summed E-state index contributed by atoms with van der Waals surface area (Å²) in [6.45, 7) is -1.00. The molecule has 3 aromatic rings. The van der Waals surface area contributed by atoms with Crippen LogP contribution in [0.25, 0.3) is 0 Å². The first-order valence-corrected chi connectivity index (χ1v) is 17.5. The summed E-state index contributed by atoms with van der Waals surface area (Å²) in [5.41, 5.74) is 12.4. The quantitative estimate of drug-likeness (QED) is 0.0479. The van der Waals surface area contributed by atoms with Crippen molar-refractivity contribution in [3.8, 4) is 0 Å². The van der Waals surface area contributed by atoms with Gasteiger partial charge in [-0.2, -0.15) is 0 Å². The van der Waals surface area contributed by atoms with Gasteiger partial charge in [0.25, 0.3) is 0 Å². The topological polar surface area (TPSA) is 281 Å². The number of nitrogens with one attached hydrogen (secondary N) is 5. The summed E-state index contributed by atoms with van der Waals surface area (Å²) < 4.78 is 20.6. The van der Waals surface area contributed by atoms with E-state index in [4.69, 9.17) is 16.2 Å². The highest BCUT2D eigenvalue weighted by atomic mass is 19.1. The Hall–Kier alpha value is -5.99. The van der Waals surface area contributed by atoms with Crippen LogP contribution in [0.15, 0.2) is 47.7 Å². The number of aliphatic imine (C=N–C) groups is 1. The lowest BCUT2D eigenvalue weighted by Gasteiger charge is -2.23. The van der Waals surface area contributed by atoms with E-state index in [1.165, 1.54) is 22.7 Å². The van der Waals surface area contributed by atoms with E-state index >= 15 is 0 Å². The van der Waals surface area contributed by atoms with Crippen LogP contribution in [0.5, 0.6) is 0 Å². The average molecular weight is 755 g/mol.